The van der Waals surface area contributed by atoms with Crippen molar-refractivity contribution < 1.29 is 9.84 Å². The van der Waals surface area contributed by atoms with Crippen LogP contribution in [0.1, 0.15) is 32.5 Å². The molecule has 7 nitrogen and oxygen atoms in total. The van der Waals surface area contributed by atoms with Crippen molar-refractivity contribution in [3.8, 4) is 0 Å². The Morgan fingerprint density at radius 1 is 1.50 bits per heavy atom. The van der Waals surface area contributed by atoms with Gasteiger partial charge < -0.3 is 20.2 Å². The SMILES string of the molecule is CC1CN(c2cc(NN)nc(C(C)C)n2)CC(CO)O1. The number of aliphatic hydroxyl groups is 1. The van der Waals surface area contributed by atoms with Crippen molar-refractivity contribution in [2.24, 2.45) is 5.84 Å². The number of aliphatic hydroxyl groups excluding tert-OH is 1. The van der Waals surface area contributed by atoms with E-state index in [9.17, 15) is 5.11 Å². The highest BCUT2D eigenvalue weighted by Gasteiger charge is 2.26. The molecular weight excluding hydrogens is 258 g/mol. The largest absolute Gasteiger partial charge is 0.394 e. The van der Waals surface area contributed by atoms with Crippen LogP contribution in [0.5, 0.6) is 0 Å². The number of hydrazine groups is 1. The maximum Gasteiger partial charge on any atom is 0.145 e. The van der Waals surface area contributed by atoms with E-state index in [0.29, 0.717) is 12.4 Å². The lowest BCUT2D eigenvalue weighted by atomic mass is 10.2. The molecule has 1 aromatic heterocycles. The van der Waals surface area contributed by atoms with Gasteiger partial charge in [-0.15, -0.1) is 0 Å². The van der Waals surface area contributed by atoms with Crippen molar-refractivity contribution in [2.75, 3.05) is 30.0 Å². The first-order chi connectivity index (χ1) is 9.53. The monoisotopic (exact) mass is 281 g/mol. The van der Waals surface area contributed by atoms with E-state index in [0.717, 1.165) is 18.2 Å². The number of rotatable bonds is 4. The molecule has 1 aliphatic rings. The zero-order valence-corrected chi connectivity index (χ0v) is 12.2. The molecule has 2 atom stereocenters. The standard InChI is InChI=1S/C13H23N5O2/c1-8(2)13-15-11(17-14)4-12(16-13)18-5-9(3)20-10(6-18)7-19/h4,8-10,19H,5-7,14H2,1-3H3,(H,15,16,17). The summed E-state index contributed by atoms with van der Waals surface area (Å²) >= 11 is 0. The van der Waals surface area contributed by atoms with Crippen LogP contribution in [0.4, 0.5) is 11.6 Å². The van der Waals surface area contributed by atoms with E-state index in [1.165, 1.54) is 0 Å². The van der Waals surface area contributed by atoms with Gasteiger partial charge in [0.1, 0.15) is 17.5 Å². The summed E-state index contributed by atoms with van der Waals surface area (Å²) in [6.07, 6.45) is -0.141. The second-order valence-corrected chi connectivity index (χ2v) is 5.42. The Morgan fingerprint density at radius 3 is 2.85 bits per heavy atom. The molecule has 7 heteroatoms. The van der Waals surface area contributed by atoms with Crippen LogP contribution in [0, 0.1) is 0 Å². The maximum absolute atomic E-state index is 9.30. The summed E-state index contributed by atoms with van der Waals surface area (Å²) < 4.78 is 5.65. The van der Waals surface area contributed by atoms with E-state index >= 15 is 0 Å². The third-order valence-electron chi connectivity index (χ3n) is 3.25. The van der Waals surface area contributed by atoms with Crippen LogP contribution in [-0.2, 0) is 4.74 Å². The molecule has 0 aliphatic carbocycles. The van der Waals surface area contributed by atoms with Crippen LogP contribution >= 0.6 is 0 Å². The minimum Gasteiger partial charge on any atom is -0.394 e. The molecule has 1 fully saturated rings. The molecule has 0 amide bonds. The van der Waals surface area contributed by atoms with E-state index < -0.39 is 0 Å². The van der Waals surface area contributed by atoms with Gasteiger partial charge >= 0.3 is 0 Å². The van der Waals surface area contributed by atoms with Crippen molar-refractivity contribution in [1.82, 2.24) is 9.97 Å². The molecule has 4 N–H and O–H groups in total. The highest BCUT2D eigenvalue weighted by molar-refractivity contribution is 5.49. The second kappa shape index (κ2) is 6.34. The quantitative estimate of drug-likeness (QED) is 0.545. The fourth-order valence-corrected chi connectivity index (χ4v) is 2.28. The Hall–Kier alpha value is -1.44. The molecular formula is C13H23N5O2. The number of nitrogens with two attached hydrogens (primary N) is 1. The van der Waals surface area contributed by atoms with Crippen molar-refractivity contribution >= 4 is 11.6 Å². The minimum atomic E-state index is -0.189. The predicted octanol–water partition coefficient (Wildman–Crippen LogP) is 0.472. The van der Waals surface area contributed by atoms with Crippen LogP contribution in [0.2, 0.25) is 0 Å². The number of morpholine rings is 1. The molecule has 0 spiro atoms. The number of anilines is 2. The van der Waals surface area contributed by atoms with E-state index in [4.69, 9.17) is 10.6 Å². The van der Waals surface area contributed by atoms with E-state index in [1.807, 2.05) is 26.8 Å². The summed E-state index contributed by atoms with van der Waals surface area (Å²) in [4.78, 5) is 11.0. The van der Waals surface area contributed by atoms with Gasteiger partial charge in [-0.25, -0.2) is 15.8 Å². The number of nitrogens with one attached hydrogen (secondary N) is 1. The topological polar surface area (TPSA) is 96.5 Å². The van der Waals surface area contributed by atoms with Gasteiger partial charge in [0.25, 0.3) is 0 Å². The van der Waals surface area contributed by atoms with Gasteiger partial charge in [-0.2, -0.15) is 0 Å². The Balaban J connectivity index is 2.28. The van der Waals surface area contributed by atoms with Crippen molar-refractivity contribution in [2.45, 2.75) is 38.9 Å². The summed E-state index contributed by atoms with van der Waals surface area (Å²) in [5.74, 6) is 7.84. The lowest BCUT2D eigenvalue weighted by Gasteiger charge is -2.37. The van der Waals surface area contributed by atoms with Gasteiger partial charge in [-0.05, 0) is 6.92 Å². The molecule has 1 aliphatic heterocycles. The minimum absolute atomic E-state index is 0.00492. The first-order valence-electron chi connectivity index (χ1n) is 6.90. The summed E-state index contributed by atoms with van der Waals surface area (Å²) in [7, 11) is 0. The predicted molar refractivity (Wildman–Crippen MR) is 77.6 cm³/mol. The number of hydrogen-bond donors (Lipinski definition) is 3. The molecule has 0 saturated carbocycles. The molecule has 0 radical (unpaired) electrons. The number of ether oxygens (including phenoxy) is 1. The van der Waals surface area contributed by atoms with E-state index in [2.05, 4.69) is 20.3 Å². The number of aromatic nitrogens is 2. The molecule has 112 valence electrons. The highest BCUT2D eigenvalue weighted by Crippen LogP contribution is 2.23. The molecule has 0 bridgehead atoms. The molecule has 0 aromatic carbocycles. The van der Waals surface area contributed by atoms with Crippen LogP contribution in [0.3, 0.4) is 0 Å². The summed E-state index contributed by atoms with van der Waals surface area (Å²) in [5.41, 5.74) is 2.58. The molecule has 20 heavy (non-hydrogen) atoms. The number of nitrogen functional groups attached to an aromatic ring is 1. The Labute approximate surface area is 119 Å². The average Bonchev–Trinajstić information content (AvgIpc) is 2.45. The third kappa shape index (κ3) is 3.36. The van der Waals surface area contributed by atoms with Crippen molar-refractivity contribution in [1.29, 1.82) is 0 Å². The summed E-state index contributed by atoms with van der Waals surface area (Å²) in [5, 5.41) is 9.30. The fourth-order valence-electron chi connectivity index (χ4n) is 2.28. The van der Waals surface area contributed by atoms with Gasteiger partial charge in [-0.3, -0.25) is 0 Å². The van der Waals surface area contributed by atoms with Crippen LogP contribution in [0.15, 0.2) is 6.07 Å². The first kappa shape index (κ1) is 15.0. The Bertz CT molecular complexity index is 454. The summed E-state index contributed by atoms with van der Waals surface area (Å²) in [6.45, 7) is 7.41. The average molecular weight is 281 g/mol. The Kier molecular flexibility index (Phi) is 4.74. The van der Waals surface area contributed by atoms with Gasteiger partial charge in [0.2, 0.25) is 0 Å². The van der Waals surface area contributed by atoms with Gasteiger partial charge in [-0.1, -0.05) is 13.8 Å². The van der Waals surface area contributed by atoms with Crippen LogP contribution in [0.25, 0.3) is 0 Å². The molecule has 2 unspecified atom stereocenters. The summed E-state index contributed by atoms with van der Waals surface area (Å²) in [6, 6.07) is 1.82. The van der Waals surface area contributed by atoms with Crippen molar-refractivity contribution in [3.63, 3.8) is 0 Å². The van der Waals surface area contributed by atoms with Gasteiger partial charge in [0, 0.05) is 25.1 Å². The van der Waals surface area contributed by atoms with Crippen LogP contribution in [-0.4, -0.2) is 47.0 Å². The van der Waals surface area contributed by atoms with E-state index in [-0.39, 0.29) is 24.7 Å². The number of hydrogen-bond acceptors (Lipinski definition) is 7. The smallest absolute Gasteiger partial charge is 0.145 e. The molecule has 2 rings (SSSR count). The maximum atomic E-state index is 9.30. The van der Waals surface area contributed by atoms with Gasteiger partial charge in [0.15, 0.2) is 0 Å². The normalized spacial score (nSPS) is 23.2. The van der Waals surface area contributed by atoms with E-state index in [1.54, 1.807) is 0 Å². The van der Waals surface area contributed by atoms with Crippen LogP contribution < -0.4 is 16.2 Å². The third-order valence-corrected chi connectivity index (χ3v) is 3.25. The zero-order chi connectivity index (χ0) is 14.7. The Morgan fingerprint density at radius 2 is 2.25 bits per heavy atom. The molecule has 1 aromatic rings. The molecule has 2 heterocycles. The van der Waals surface area contributed by atoms with Crippen molar-refractivity contribution in [3.05, 3.63) is 11.9 Å². The zero-order valence-electron chi connectivity index (χ0n) is 12.2. The second-order valence-electron chi connectivity index (χ2n) is 5.42. The first-order valence-corrected chi connectivity index (χ1v) is 6.90. The van der Waals surface area contributed by atoms with Gasteiger partial charge in [0.05, 0.1) is 18.8 Å². The fraction of sp³-hybridized carbons (Fsp3) is 0.692. The molecule has 1 saturated heterocycles. The lowest BCUT2D eigenvalue weighted by Crippen LogP contribution is -2.48. The lowest BCUT2D eigenvalue weighted by molar-refractivity contribution is -0.0423. The number of nitrogens with zero attached hydrogens (tertiary/aromatic N) is 3. The highest BCUT2D eigenvalue weighted by atomic mass is 16.5.